The number of hydrogen-bond acceptors (Lipinski definition) is 5. The first-order chi connectivity index (χ1) is 7.06. The van der Waals surface area contributed by atoms with Crippen molar-refractivity contribution in [3.8, 4) is 0 Å². The van der Waals surface area contributed by atoms with Crippen LogP contribution in [-0.4, -0.2) is 27.1 Å². The molecule has 0 radical (unpaired) electrons. The van der Waals surface area contributed by atoms with Crippen LogP contribution in [0.2, 0.25) is 0 Å². The Morgan fingerprint density at radius 2 is 2.20 bits per heavy atom. The molecule has 2 unspecified atom stereocenters. The number of nitrogens with zero attached hydrogens (tertiary/aromatic N) is 1. The van der Waals surface area contributed by atoms with Crippen molar-refractivity contribution >= 4 is 18.3 Å². The van der Waals surface area contributed by atoms with Gasteiger partial charge in [0.2, 0.25) is 0 Å². The number of rotatable bonds is 4. The molecule has 0 aromatic carbocycles. The van der Waals surface area contributed by atoms with Crippen LogP contribution in [0.15, 0.2) is 12.3 Å². The number of anilines is 1. The minimum atomic E-state index is -0.976. The highest BCUT2D eigenvalue weighted by molar-refractivity contribution is 7.80. The van der Waals surface area contributed by atoms with E-state index in [1.807, 2.05) is 6.92 Å². The zero-order valence-electron chi connectivity index (χ0n) is 8.59. The zero-order valence-corrected chi connectivity index (χ0v) is 9.48. The van der Waals surface area contributed by atoms with Crippen LogP contribution in [0.5, 0.6) is 0 Å². The van der Waals surface area contributed by atoms with Gasteiger partial charge in [-0.2, -0.15) is 12.6 Å². The minimum Gasteiger partial charge on any atom is -0.397 e. The van der Waals surface area contributed by atoms with Gasteiger partial charge < -0.3 is 15.9 Å². The topological polar surface area (TPSA) is 79.4 Å². The molecule has 1 rings (SSSR count). The fraction of sp³-hybridized carbons (Fsp3) is 0.500. The Bertz CT molecular complexity index is 333. The van der Waals surface area contributed by atoms with E-state index < -0.39 is 12.2 Å². The third kappa shape index (κ3) is 3.09. The van der Waals surface area contributed by atoms with Gasteiger partial charge in [-0.25, -0.2) is 0 Å². The lowest BCUT2D eigenvalue weighted by Gasteiger charge is -2.17. The van der Waals surface area contributed by atoms with Crippen molar-refractivity contribution < 1.29 is 10.2 Å². The monoisotopic (exact) mass is 228 g/mol. The summed E-state index contributed by atoms with van der Waals surface area (Å²) in [6.07, 6.45) is 0.103. The average Bonchev–Trinajstić information content (AvgIpc) is 2.21. The molecule has 0 aliphatic heterocycles. The van der Waals surface area contributed by atoms with Crippen molar-refractivity contribution in [2.45, 2.75) is 25.6 Å². The summed E-state index contributed by atoms with van der Waals surface area (Å²) in [6, 6.07) is 1.68. The van der Waals surface area contributed by atoms with Crippen molar-refractivity contribution in [1.29, 1.82) is 0 Å². The highest BCUT2D eigenvalue weighted by atomic mass is 32.1. The lowest BCUT2D eigenvalue weighted by atomic mass is 10.1. The van der Waals surface area contributed by atoms with E-state index in [1.165, 1.54) is 6.20 Å². The van der Waals surface area contributed by atoms with Gasteiger partial charge in [0.25, 0.3) is 0 Å². The standard InChI is InChI=1S/C10H16N2O2S/c1-6-4-8(12-5-7(6)11)10(14)9(13)2-3-15/h4-5,9-10,13-15H,2-3,11H2,1H3. The second-order valence-electron chi connectivity index (χ2n) is 3.49. The molecule has 4 nitrogen and oxygen atoms in total. The number of thiol groups is 1. The van der Waals surface area contributed by atoms with Gasteiger partial charge in [-0.05, 0) is 30.7 Å². The van der Waals surface area contributed by atoms with E-state index in [9.17, 15) is 10.2 Å². The summed E-state index contributed by atoms with van der Waals surface area (Å²) < 4.78 is 0. The third-order valence-corrected chi connectivity index (χ3v) is 2.52. The maximum absolute atomic E-state index is 9.75. The van der Waals surface area contributed by atoms with E-state index in [4.69, 9.17) is 5.73 Å². The molecule has 0 saturated carbocycles. The van der Waals surface area contributed by atoms with Crippen molar-refractivity contribution in [1.82, 2.24) is 4.98 Å². The fourth-order valence-corrected chi connectivity index (χ4v) is 1.50. The molecule has 1 heterocycles. The molecule has 2 atom stereocenters. The SMILES string of the molecule is Cc1cc(C(O)C(O)CCS)ncc1N. The molecular formula is C10H16N2O2S. The number of pyridine rings is 1. The first-order valence-corrected chi connectivity index (χ1v) is 5.38. The second-order valence-corrected chi connectivity index (χ2v) is 3.94. The quantitative estimate of drug-likeness (QED) is 0.572. The number of hydrogen-bond donors (Lipinski definition) is 4. The second kappa shape index (κ2) is 5.34. The summed E-state index contributed by atoms with van der Waals surface area (Å²) in [5, 5.41) is 19.3. The van der Waals surface area contributed by atoms with Crippen LogP contribution in [0.3, 0.4) is 0 Å². The van der Waals surface area contributed by atoms with Crippen molar-refractivity contribution in [3.63, 3.8) is 0 Å². The summed E-state index contributed by atoms with van der Waals surface area (Å²) >= 11 is 3.99. The van der Waals surface area contributed by atoms with Crippen LogP contribution in [0.25, 0.3) is 0 Å². The molecule has 0 aliphatic rings. The predicted molar refractivity (Wildman–Crippen MR) is 62.8 cm³/mol. The van der Waals surface area contributed by atoms with Crippen LogP contribution in [0, 0.1) is 6.92 Å². The summed E-state index contributed by atoms with van der Waals surface area (Å²) in [6.45, 7) is 1.83. The Labute approximate surface area is 94.6 Å². The van der Waals surface area contributed by atoms with Gasteiger partial charge in [0.05, 0.1) is 23.7 Å². The van der Waals surface area contributed by atoms with Crippen LogP contribution >= 0.6 is 12.6 Å². The van der Waals surface area contributed by atoms with Crippen molar-refractivity contribution in [2.24, 2.45) is 0 Å². The Balaban J connectivity index is 2.81. The van der Waals surface area contributed by atoms with Gasteiger partial charge in [-0.1, -0.05) is 0 Å². The van der Waals surface area contributed by atoms with Crippen LogP contribution in [-0.2, 0) is 0 Å². The lowest BCUT2D eigenvalue weighted by molar-refractivity contribution is 0.0147. The van der Waals surface area contributed by atoms with Gasteiger partial charge in [-0.3, -0.25) is 4.98 Å². The summed E-state index contributed by atoms with van der Waals surface area (Å²) in [4.78, 5) is 3.98. The molecular weight excluding hydrogens is 212 g/mol. The van der Waals surface area contributed by atoms with Crippen LogP contribution in [0.4, 0.5) is 5.69 Å². The predicted octanol–water partition coefficient (Wildman–Crippen LogP) is 0.686. The summed E-state index contributed by atoms with van der Waals surface area (Å²) in [5.74, 6) is 0.520. The van der Waals surface area contributed by atoms with Crippen molar-refractivity contribution in [2.75, 3.05) is 11.5 Å². The molecule has 1 aromatic heterocycles. The lowest BCUT2D eigenvalue weighted by Crippen LogP contribution is -2.20. The van der Waals surface area contributed by atoms with Crippen molar-refractivity contribution in [3.05, 3.63) is 23.5 Å². The highest BCUT2D eigenvalue weighted by Gasteiger charge is 2.19. The first kappa shape index (κ1) is 12.3. The molecule has 5 heteroatoms. The molecule has 0 fully saturated rings. The van der Waals surface area contributed by atoms with Gasteiger partial charge in [0, 0.05) is 0 Å². The van der Waals surface area contributed by atoms with E-state index in [1.54, 1.807) is 6.07 Å². The molecule has 4 N–H and O–H groups in total. The smallest absolute Gasteiger partial charge is 0.122 e. The van der Waals surface area contributed by atoms with E-state index in [2.05, 4.69) is 17.6 Å². The Morgan fingerprint density at radius 3 is 2.73 bits per heavy atom. The Morgan fingerprint density at radius 1 is 1.53 bits per heavy atom. The summed E-state index contributed by atoms with van der Waals surface area (Å²) in [7, 11) is 0. The third-order valence-electron chi connectivity index (χ3n) is 2.26. The number of aryl methyl sites for hydroxylation is 1. The normalized spacial score (nSPS) is 14.9. The van der Waals surface area contributed by atoms with Gasteiger partial charge >= 0.3 is 0 Å². The van der Waals surface area contributed by atoms with Gasteiger partial charge in [0.1, 0.15) is 6.10 Å². The minimum absolute atomic E-state index is 0.426. The molecule has 1 aromatic rings. The molecule has 0 bridgehead atoms. The van der Waals surface area contributed by atoms with Gasteiger partial charge in [-0.15, -0.1) is 0 Å². The van der Waals surface area contributed by atoms with Crippen LogP contribution in [0.1, 0.15) is 23.8 Å². The zero-order chi connectivity index (χ0) is 11.4. The molecule has 0 saturated heterocycles. The van der Waals surface area contributed by atoms with E-state index in [0.717, 1.165) is 5.56 Å². The number of aliphatic hydroxyl groups excluding tert-OH is 2. The largest absolute Gasteiger partial charge is 0.397 e. The Hall–Kier alpha value is -0.780. The van der Waals surface area contributed by atoms with Crippen LogP contribution < -0.4 is 5.73 Å². The van der Waals surface area contributed by atoms with E-state index in [-0.39, 0.29) is 0 Å². The number of nitrogens with two attached hydrogens (primary N) is 1. The molecule has 0 amide bonds. The molecule has 0 aliphatic carbocycles. The Kier molecular flexibility index (Phi) is 4.38. The highest BCUT2D eigenvalue weighted by Crippen LogP contribution is 2.20. The maximum Gasteiger partial charge on any atom is 0.122 e. The molecule has 84 valence electrons. The fourth-order valence-electron chi connectivity index (χ4n) is 1.24. The number of nitrogen functional groups attached to an aromatic ring is 1. The first-order valence-electron chi connectivity index (χ1n) is 4.75. The average molecular weight is 228 g/mol. The summed E-state index contributed by atoms with van der Waals surface area (Å²) in [5.41, 5.74) is 7.47. The molecule has 15 heavy (non-hydrogen) atoms. The van der Waals surface area contributed by atoms with E-state index >= 15 is 0 Å². The number of aliphatic hydroxyl groups is 2. The molecule has 0 spiro atoms. The van der Waals surface area contributed by atoms with Gasteiger partial charge in [0.15, 0.2) is 0 Å². The van der Waals surface area contributed by atoms with E-state index in [0.29, 0.717) is 23.6 Å². The number of aromatic nitrogens is 1. The maximum atomic E-state index is 9.75.